The molecule has 0 aromatic heterocycles. The van der Waals surface area contributed by atoms with Gasteiger partial charge in [-0.15, -0.1) is 0 Å². The van der Waals surface area contributed by atoms with Crippen LogP contribution in [0, 0.1) is 0 Å². The molecular weight excluding hydrogens is 901 g/mol. The van der Waals surface area contributed by atoms with E-state index in [0.29, 0.717) is 19.3 Å². The zero-order valence-electron chi connectivity index (χ0n) is 47.1. The molecule has 0 rings (SSSR count). The predicted molar refractivity (Wildman–Crippen MR) is 316 cm³/mol. The van der Waals surface area contributed by atoms with Crippen molar-refractivity contribution < 1.29 is 28.6 Å². The van der Waals surface area contributed by atoms with Gasteiger partial charge in [-0.05, 0) is 122 Å². The molecule has 0 heterocycles. The monoisotopic (exact) mass is 1010 g/mol. The van der Waals surface area contributed by atoms with Crippen LogP contribution < -0.4 is 0 Å². The fourth-order valence-electron chi connectivity index (χ4n) is 7.69. The van der Waals surface area contributed by atoms with Crippen molar-refractivity contribution in [3.63, 3.8) is 0 Å². The largest absolute Gasteiger partial charge is 0.462 e. The first-order valence-corrected chi connectivity index (χ1v) is 29.7. The molecule has 0 aliphatic carbocycles. The molecule has 0 amide bonds. The number of allylic oxidation sites excluding steroid dienone is 22. The van der Waals surface area contributed by atoms with E-state index in [1.807, 2.05) is 12.2 Å². The van der Waals surface area contributed by atoms with Crippen molar-refractivity contribution in [1.82, 2.24) is 0 Å². The minimum Gasteiger partial charge on any atom is -0.462 e. The lowest BCUT2D eigenvalue weighted by atomic mass is 10.1. The third-order valence-electron chi connectivity index (χ3n) is 12.1. The Hall–Kier alpha value is -4.45. The molecule has 0 N–H and O–H groups in total. The Morgan fingerprint density at radius 2 is 0.589 bits per heavy atom. The Bertz CT molecular complexity index is 1580. The summed E-state index contributed by atoms with van der Waals surface area (Å²) in [5.41, 5.74) is 0. The van der Waals surface area contributed by atoms with Crippen LogP contribution >= 0.6 is 0 Å². The quantitative estimate of drug-likeness (QED) is 0.0261. The number of rotatable bonds is 52. The lowest BCUT2D eigenvalue weighted by molar-refractivity contribution is -0.166. The summed E-state index contributed by atoms with van der Waals surface area (Å²) in [5.74, 6) is -1.03. The molecule has 0 aromatic rings. The van der Waals surface area contributed by atoms with Gasteiger partial charge in [0.15, 0.2) is 6.10 Å². The fraction of sp³-hybridized carbons (Fsp3) is 0.627. The summed E-state index contributed by atoms with van der Waals surface area (Å²) in [6, 6.07) is 0. The predicted octanol–water partition coefficient (Wildman–Crippen LogP) is 20.2. The highest BCUT2D eigenvalue weighted by Gasteiger charge is 2.19. The number of esters is 3. The second-order valence-corrected chi connectivity index (χ2v) is 19.2. The highest BCUT2D eigenvalue weighted by molar-refractivity contribution is 5.71. The van der Waals surface area contributed by atoms with Gasteiger partial charge >= 0.3 is 17.9 Å². The van der Waals surface area contributed by atoms with Gasteiger partial charge in [0.25, 0.3) is 0 Å². The molecule has 0 aromatic carbocycles. The van der Waals surface area contributed by atoms with E-state index in [2.05, 4.69) is 142 Å². The van der Waals surface area contributed by atoms with E-state index in [9.17, 15) is 14.4 Å². The highest BCUT2D eigenvalue weighted by atomic mass is 16.6. The van der Waals surface area contributed by atoms with Gasteiger partial charge in [-0.25, -0.2) is 0 Å². The molecule has 0 aliphatic rings. The molecule has 6 heteroatoms. The molecular formula is C67H108O6. The summed E-state index contributed by atoms with van der Waals surface area (Å²) >= 11 is 0. The van der Waals surface area contributed by atoms with Crippen molar-refractivity contribution in [2.75, 3.05) is 13.2 Å². The zero-order chi connectivity index (χ0) is 52.9. The molecule has 0 radical (unpaired) electrons. The number of hydrogen-bond acceptors (Lipinski definition) is 6. The van der Waals surface area contributed by atoms with Crippen LogP contribution in [0.1, 0.15) is 252 Å². The van der Waals surface area contributed by atoms with Crippen LogP contribution in [0.15, 0.2) is 134 Å². The Balaban J connectivity index is 4.49. The second kappa shape index (κ2) is 60.1. The summed E-state index contributed by atoms with van der Waals surface area (Å²) in [5, 5.41) is 0. The number of carbonyl (C=O) groups is 3. The standard InChI is InChI=1S/C67H108O6/c1-4-7-10-13-16-19-22-25-27-29-31-32-33-34-36-37-39-42-45-48-51-54-57-60-66(69)72-63-64(62-71-65(68)59-56-53-50-47-44-41-24-21-18-15-12-9-6-3)73-67(70)61-58-55-52-49-46-43-40-38-35-30-28-26-23-20-17-14-11-8-5-2/h8,11-12,15,17,20-22,24-26,28-29,31,33-35,38,43,46,52,55,64H,4-7,9-10,13-14,16,18-19,23,27,30,32,36-37,39-42,44-45,47-51,53-54,56-63H2,1-3H3/b11-8-,15-12-,20-17-,24-21-,25-22-,28-26-,31-29-,34-33-,38-35-,46-43-,55-52-. The van der Waals surface area contributed by atoms with E-state index in [1.165, 1.54) is 77.0 Å². The first-order valence-electron chi connectivity index (χ1n) is 29.7. The van der Waals surface area contributed by atoms with Gasteiger partial charge in [0.05, 0.1) is 0 Å². The summed E-state index contributed by atoms with van der Waals surface area (Å²) in [4.78, 5) is 38.2. The summed E-state index contributed by atoms with van der Waals surface area (Å²) < 4.78 is 16.8. The average molecular weight is 1010 g/mol. The van der Waals surface area contributed by atoms with Crippen LogP contribution in [0.5, 0.6) is 0 Å². The van der Waals surface area contributed by atoms with Crippen molar-refractivity contribution >= 4 is 17.9 Å². The molecule has 0 fully saturated rings. The minimum absolute atomic E-state index is 0.121. The maximum atomic E-state index is 12.8. The highest BCUT2D eigenvalue weighted by Crippen LogP contribution is 2.13. The Labute approximate surface area is 449 Å². The molecule has 1 atom stereocenters. The van der Waals surface area contributed by atoms with E-state index >= 15 is 0 Å². The molecule has 0 spiro atoms. The van der Waals surface area contributed by atoms with Crippen molar-refractivity contribution in [2.24, 2.45) is 0 Å². The van der Waals surface area contributed by atoms with E-state index in [4.69, 9.17) is 14.2 Å². The van der Waals surface area contributed by atoms with Gasteiger partial charge in [0.1, 0.15) is 13.2 Å². The van der Waals surface area contributed by atoms with Crippen molar-refractivity contribution in [1.29, 1.82) is 0 Å². The third-order valence-corrected chi connectivity index (χ3v) is 12.1. The molecule has 73 heavy (non-hydrogen) atoms. The van der Waals surface area contributed by atoms with Crippen LogP contribution in [-0.4, -0.2) is 37.2 Å². The van der Waals surface area contributed by atoms with Gasteiger partial charge in [-0.2, -0.15) is 0 Å². The Morgan fingerprint density at radius 1 is 0.288 bits per heavy atom. The van der Waals surface area contributed by atoms with Crippen molar-refractivity contribution in [3.05, 3.63) is 134 Å². The molecule has 0 saturated carbocycles. The van der Waals surface area contributed by atoms with Gasteiger partial charge in [0, 0.05) is 19.3 Å². The topological polar surface area (TPSA) is 78.9 Å². The Morgan fingerprint density at radius 3 is 0.945 bits per heavy atom. The van der Waals surface area contributed by atoms with E-state index in [1.54, 1.807) is 0 Å². The normalized spacial score (nSPS) is 13.1. The van der Waals surface area contributed by atoms with E-state index < -0.39 is 12.1 Å². The number of carbonyl (C=O) groups excluding carboxylic acids is 3. The summed E-state index contributed by atoms with van der Waals surface area (Å²) in [6.45, 7) is 6.36. The van der Waals surface area contributed by atoms with Gasteiger partial charge in [-0.3, -0.25) is 14.4 Å². The van der Waals surface area contributed by atoms with Crippen molar-refractivity contribution in [3.8, 4) is 0 Å². The maximum Gasteiger partial charge on any atom is 0.306 e. The number of unbranched alkanes of at least 4 members (excludes halogenated alkanes) is 19. The first-order chi connectivity index (χ1) is 36.0. The summed E-state index contributed by atoms with van der Waals surface area (Å²) in [6.07, 6.45) is 84.6. The van der Waals surface area contributed by atoms with E-state index in [-0.39, 0.29) is 31.6 Å². The van der Waals surface area contributed by atoms with Crippen LogP contribution in [0.25, 0.3) is 0 Å². The molecule has 1 unspecified atom stereocenters. The molecule has 0 aliphatic heterocycles. The van der Waals surface area contributed by atoms with Crippen LogP contribution in [0.3, 0.4) is 0 Å². The lowest BCUT2D eigenvalue weighted by Crippen LogP contribution is -2.30. The second-order valence-electron chi connectivity index (χ2n) is 19.2. The smallest absolute Gasteiger partial charge is 0.306 e. The first kappa shape index (κ1) is 68.6. The third kappa shape index (κ3) is 58.3. The summed E-state index contributed by atoms with van der Waals surface area (Å²) in [7, 11) is 0. The van der Waals surface area contributed by atoms with Gasteiger partial charge in [0.2, 0.25) is 0 Å². The molecule has 0 saturated heterocycles. The van der Waals surface area contributed by atoms with Crippen LogP contribution in [0.2, 0.25) is 0 Å². The number of ether oxygens (including phenoxy) is 3. The van der Waals surface area contributed by atoms with Crippen molar-refractivity contribution in [2.45, 2.75) is 258 Å². The fourth-order valence-corrected chi connectivity index (χ4v) is 7.69. The SMILES string of the molecule is CC/C=C\C/C=C\C/C=C\C/C=C\C/C=C\C/C=C\CCC(=O)OC(COC(=O)CCCCCCC/C=C\C/C=C\CCC)COC(=O)CCCCCCCCCC/C=C\C/C=C\C/C=C\CCCCCCC. The minimum atomic E-state index is -0.833. The number of hydrogen-bond donors (Lipinski definition) is 0. The molecule has 6 nitrogen and oxygen atoms in total. The lowest BCUT2D eigenvalue weighted by Gasteiger charge is -2.18. The zero-order valence-corrected chi connectivity index (χ0v) is 47.1. The van der Waals surface area contributed by atoms with Gasteiger partial charge < -0.3 is 14.2 Å². The van der Waals surface area contributed by atoms with Gasteiger partial charge in [-0.1, -0.05) is 244 Å². The van der Waals surface area contributed by atoms with E-state index in [0.717, 1.165) is 128 Å². The molecule has 412 valence electrons. The average Bonchev–Trinajstić information content (AvgIpc) is 3.39. The Kier molecular flexibility index (Phi) is 56.4. The maximum absolute atomic E-state index is 12.8. The molecule has 0 bridgehead atoms. The van der Waals surface area contributed by atoms with Crippen LogP contribution in [0.4, 0.5) is 0 Å². The van der Waals surface area contributed by atoms with Crippen LogP contribution in [-0.2, 0) is 28.6 Å².